The van der Waals surface area contributed by atoms with Crippen molar-refractivity contribution in [1.29, 1.82) is 0 Å². The van der Waals surface area contributed by atoms with E-state index in [4.69, 9.17) is 9.84 Å². The maximum atomic E-state index is 11.4. The molecular weight excluding hydrogens is 252 g/mol. The lowest BCUT2D eigenvalue weighted by Gasteiger charge is -2.43. The van der Waals surface area contributed by atoms with Crippen molar-refractivity contribution in [2.24, 2.45) is 5.11 Å². The molecule has 0 unspecified atom stereocenters. The number of aliphatic carboxylic acids is 1. The summed E-state index contributed by atoms with van der Waals surface area (Å²) in [4.78, 5) is 10.8. The molecule has 0 amide bonds. The van der Waals surface area contributed by atoms with Crippen LogP contribution in [0.1, 0.15) is 0 Å². The van der Waals surface area contributed by atoms with Gasteiger partial charge < -0.3 is 35.1 Å². The van der Waals surface area contributed by atoms with Crippen molar-refractivity contribution in [1.82, 2.24) is 0 Å². The zero-order chi connectivity index (χ0) is 13.9. The van der Waals surface area contributed by atoms with Gasteiger partial charge in [0.05, 0.1) is 6.10 Å². The highest BCUT2D eigenvalue weighted by atomic mass is 16.7. The Labute approximate surface area is 101 Å². The zero-order valence-electron chi connectivity index (χ0n) is 9.37. The molecule has 104 valence electrons. The minimum atomic E-state index is -2.00. The molecule has 1 heterocycles. The smallest absolute Gasteiger partial charge is 0.335 e. The second-order valence-electron chi connectivity index (χ2n) is 3.61. The normalized spacial score (nSPS) is 37.6. The molecule has 0 aromatic carbocycles. The number of rotatable bonds is 4. The number of aliphatic hydroxyl groups excluding tert-OH is 2. The van der Waals surface area contributed by atoms with E-state index in [1.807, 2.05) is 0 Å². The van der Waals surface area contributed by atoms with Crippen LogP contribution in [0.15, 0.2) is 5.11 Å². The van der Waals surface area contributed by atoms with Crippen LogP contribution in [-0.2, 0) is 14.3 Å². The van der Waals surface area contributed by atoms with E-state index in [1.165, 1.54) is 0 Å². The van der Waals surface area contributed by atoms with E-state index in [0.29, 0.717) is 0 Å². The number of hydrogen-bond acceptors (Lipinski definition) is 8. The molecule has 0 spiro atoms. The Bertz CT molecular complexity index is 331. The molecule has 18 heavy (non-hydrogen) atoms. The van der Waals surface area contributed by atoms with Crippen molar-refractivity contribution in [2.75, 3.05) is 13.8 Å². The third-order valence-corrected chi connectivity index (χ3v) is 2.31. The van der Waals surface area contributed by atoms with Crippen LogP contribution in [0.2, 0.25) is 0 Å². The Balaban J connectivity index is 2.65. The van der Waals surface area contributed by atoms with E-state index >= 15 is 0 Å². The van der Waals surface area contributed by atoms with Crippen LogP contribution in [0.3, 0.4) is 0 Å². The first-order valence-corrected chi connectivity index (χ1v) is 4.94. The van der Waals surface area contributed by atoms with Gasteiger partial charge in [-0.05, 0) is 5.11 Å². The van der Waals surface area contributed by atoms with Crippen LogP contribution in [0.25, 0.3) is 0 Å². The first-order valence-electron chi connectivity index (χ1n) is 4.94. The Morgan fingerprint density at radius 3 is 2.61 bits per heavy atom. The quantitative estimate of drug-likeness (QED) is 0.272. The van der Waals surface area contributed by atoms with Crippen LogP contribution < -0.4 is 5.11 Å². The molecule has 1 fully saturated rings. The second-order valence-corrected chi connectivity index (χ2v) is 3.61. The maximum Gasteiger partial charge on any atom is 0.335 e. The van der Waals surface area contributed by atoms with Crippen LogP contribution >= 0.6 is 0 Å². The molecular formula is C8H13N2O8-. The third-order valence-electron chi connectivity index (χ3n) is 2.31. The number of nitrogens with zero attached hydrogens (tertiary/aromatic N) is 2. The van der Waals surface area contributed by atoms with Crippen molar-refractivity contribution in [3.05, 3.63) is 5.21 Å². The molecule has 3 N–H and O–H groups in total. The molecule has 10 heteroatoms. The maximum absolute atomic E-state index is 11.4. The summed E-state index contributed by atoms with van der Waals surface area (Å²) in [6.07, 6.45) is -8.88. The van der Waals surface area contributed by atoms with Gasteiger partial charge in [-0.3, -0.25) is 0 Å². The van der Waals surface area contributed by atoms with E-state index in [2.05, 4.69) is 9.85 Å². The average Bonchev–Trinajstić information content (AvgIpc) is 2.27. The summed E-state index contributed by atoms with van der Waals surface area (Å²) in [7, 11) is 1.08. The van der Waals surface area contributed by atoms with Gasteiger partial charge in [0.25, 0.3) is 0 Å². The Morgan fingerprint density at radius 1 is 1.50 bits per heavy atom. The lowest BCUT2D eigenvalue weighted by atomic mass is 9.99. The number of aliphatic hydroxyl groups is 2. The van der Waals surface area contributed by atoms with Gasteiger partial charge in [0.15, 0.2) is 13.2 Å². The van der Waals surface area contributed by atoms with Crippen LogP contribution in [-0.4, -0.2) is 70.6 Å². The lowest BCUT2D eigenvalue weighted by molar-refractivity contribution is -0.535. The fourth-order valence-corrected chi connectivity index (χ4v) is 1.42. The van der Waals surface area contributed by atoms with Crippen LogP contribution in [0.5, 0.6) is 0 Å². The molecule has 0 bridgehead atoms. The number of hydrogen-bond donors (Lipinski definition) is 3. The molecule has 0 aromatic rings. The highest BCUT2D eigenvalue weighted by Crippen LogP contribution is 2.21. The van der Waals surface area contributed by atoms with Gasteiger partial charge in [-0.2, -0.15) is 0 Å². The van der Waals surface area contributed by atoms with Gasteiger partial charge in [0.1, 0.15) is 12.2 Å². The Kier molecular flexibility index (Phi) is 4.93. The average molecular weight is 265 g/mol. The molecule has 0 aromatic heterocycles. The highest BCUT2D eigenvalue weighted by Gasteiger charge is 2.44. The summed E-state index contributed by atoms with van der Waals surface area (Å²) in [6, 6.07) is 0. The predicted molar refractivity (Wildman–Crippen MR) is 50.0 cm³/mol. The van der Waals surface area contributed by atoms with E-state index in [-0.39, 0.29) is 4.86 Å². The molecule has 0 radical (unpaired) electrons. The summed E-state index contributed by atoms with van der Waals surface area (Å²) < 4.78 is 9.25. The summed E-state index contributed by atoms with van der Waals surface area (Å²) in [5.41, 5.74) is 0. The van der Waals surface area contributed by atoms with E-state index in [1.54, 1.807) is 0 Å². The number of azo groups is 1. The Hall–Kier alpha value is -1.33. The SMILES string of the molecule is C/[N+]([O-])=N/CO[C@@H]1[C@@H](O)[C@H](O)[C@@H](C(=O)O)O[C@H]1[O-]. The minimum Gasteiger partial charge on any atom is -0.829 e. The fraction of sp³-hybridized carbons (Fsp3) is 0.875. The fourth-order valence-electron chi connectivity index (χ4n) is 1.42. The van der Waals surface area contributed by atoms with Crippen molar-refractivity contribution in [3.8, 4) is 0 Å². The van der Waals surface area contributed by atoms with Crippen molar-refractivity contribution in [3.63, 3.8) is 0 Å². The number of hydroxylamine groups is 1. The van der Waals surface area contributed by atoms with Crippen molar-refractivity contribution in [2.45, 2.75) is 30.7 Å². The van der Waals surface area contributed by atoms with Gasteiger partial charge in [0.2, 0.25) is 6.73 Å². The summed E-state index contributed by atoms with van der Waals surface area (Å²) >= 11 is 0. The summed E-state index contributed by atoms with van der Waals surface area (Å²) in [6.45, 7) is -0.520. The van der Waals surface area contributed by atoms with Gasteiger partial charge >= 0.3 is 5.97 Å². The molecule has 1 rings (SSSR count). The monoisotopic (exact) mass is 265 g/mol. The molecule has 1 aliphatic heterocycles. The lowest BCUT2D eigenvalue weighted by Crippen LogP contribution is -2.64. The molecule has 5 atom stereocenters. The molecule has 1 saturated heterocycles. The summed E-state index contributed by atoms with van der Waals surface area (Å²) in [5, 5.41) is 52.7. The van der Waals surface area contributed by atoms with Crippen molar-refractivity contribution >= 4 is 5.97 Å². The largest absolute Gasteiger partial charge is 0.829 e. The highest BCUT2D eigenvalue weighted by molar-refractivity contribution is 5.73. The van der Waals surface area contributed by atoms with E-state index < -0.39 is 43.4 Å². The van der Waals surface area contributed by atoms with Gasteiger partial charge in [0, 0.05) is 6.29 Å². The Morgan fingerprint density at radius 2 is 2.11 bits per heavy atom. The molecule has 0 aliphatic carbocycles. The third kappa shape index (κ3) is 3.34. The number of carbonyl (C=O) groups is 1. The summed E-state index contributed by atoms with van der Waals surface area (Å²) in [5.74, 6) is -1.56. The van der Waals surface area contributed by atoms with Crippen molar-refractivity contribution < 1.29 is 39.6 Å². The second kappa shape index (κ2) is 6.02. The van der Waals surface area contributed by atoms with E-state index in [0.717, 1.165) is 7.05 Å². The molecule has 10 nitrogen and oxygen atoms in total. The molecule has 0 saturated carbocycles. The number of carboxylic acids is 1. The number of ether oxygens (including phenoxy) is 2. The minimum absolute atomic E-state index is 0.187. The van der Waals surface area contributed by atoms with E-state index in [9.17, 15) is 25.3 Å². The molecule has 1 aliphatic rings. The first kappa shape index (κ1) is 14.7. The number of carboxylic acid groups (broad SMARTS) is 1. The van der Waals surface area contributed by atoms with Gasteiger partial charge in [-0.25, -0.2) is 4.79 Å². The van der Waals surface area contributed by atoms with Crippen LogP contribution in [0.4, 0.5) is 0 Å². The standard InChI is InChI=1S/C8H13N2O8/c1-10(16)9-2-17-6-4(12)3(11)5(7(13)14)18-8(6)15/h3-6,8,11-12H,2H2,1H3,(H,13,14)/q-1/b10-9-/t3-,4-,5-,6+,8+/m0/s1. The van der Waals surface area contributed by atoms with Crippen LogP contribution in [0, 0.1) is 5.21 Å². The first-order chi connectivity index (χ1) is 8.34. The zero-order valence-corrected chi connectivity index (χ0v) is 9.37. The predicted octanol–water partition coefficient (Wildman–Crippen LogP) is -3.19. The topological polar surface area (TPSA) is 158 Å². The van der Waals surface area contributed by atoms with Gasteiger partial charge in [-0.1, -0.05) is 4.86 Å². The van der Waals surface area contributed by atoms with Gasteiger partial charge in [-0.15, -0.1) is 0 Å².